The lowest BCUT2D eigenvalue weighted by Gasteiger charge is -2.29. The van der Waals surface area contributed by atoms with E-state index in [1.54, 1.807) is 13.8 Å². The maximum Gasteiger partial charge on any atom is 0.309 e. The summed E-state index contributed by atoms with van der Waals surface area (Å²) in [6.07, 6.45) is 2.90. The summed E-state index contributed by atoms with van der Waals surface area (Å²) in [5.74, 6) is -0.742. The number of rotatable bonds is 3. The van der Waals surface area contributed by atoms with Gasteiger partial charge in [-0.3, -0.25) is 4.79 Å². The van der Waals surface area contributed by atoms with Gasteiger partial charge in [-0.2, -0.15) is 0 Å². The Kier molecular flexibility index (Phi) is 3.33. The van der Waals surface area contributed by atoms with Gasteiger partial charge in [-0.1, -0.05) is 12.1 Å². The van der Waals surface area contributed by atoms with Crippen LogP contribution in [0.2, 0.25) is 0 Å². The Hall–Kier alpha value is -1.51. The van der Waals surface area contributed by atoms with Crippen LogP contribution in [0.3, 0.4) is 0 Å². The van der Waals surface area contributed by atoms with Crippen LogP contribution < -0.4 is 4.90 Å². The predicted molar refractivity (Wildman–Crippen MR) is 73.2 cm³/mol. The highest BCUT2D eigenvalue weighted by atomic mass is 16.4. The van der Waals surface area contributed by atoms with Crippen molar-refractivity contribution < 1.29 is 9.90 Å². The standard InChI is InChI=1S/C15H21NO2/c1-15(2,14(17)18)10-11-6-7-12-5-4-8-16(3)13(12)9-11/h6-7,9H,4-5,8,10H2,1-3H3,(H,17,18). The van der Waals surface area contributed by atoms with Gasteiger partial charge >= 0.3 is 5.97 Å². The zero-order valence-electron chi connectivity index (χ0n) is 11.4. The van der Waals surface area contributed by atoms with Crippen molar-refractivity contribution in [2.24, 2.45) is 5.41 Å². The normalized spacial score (nSPS) is 15.4. The second-order valence-electron chi connectivity index (χ2n) is 5.85. The van der Waals surface area contributed by atoms with Crippen LogP contribution in [0.4, 0.5) is 5.69 Å². The van der Waals surface area contributed by atoms with Crippen molar-refractivity contribution in [1.29, 1.82) is 0 Å². The number of aliphatic carboxylic acids is 1. The molecule has 0 aliphatic carbocycles. The number of hydrogen-bond acceptors (Lipinski definition) is 2. The van der Waals surface area contributed by atoms with E-state index >= 15 is 0 Å². The largest absolute Gasteiger partial charge is 0.481 e. The van der Waals surface area contributed by atoms with Gasteiger partial charge in [0, 0.05) is 19.3 Å². The van der Waals surface area contributed by atoms with Crippen molar-refractivity contribution in [3.05, 3.63) is 29.3 Å². The number of aryl methyl sites for hydroxylation is 1. The molecule has 0 saturated heterocycles. The zero-order valence-corrected chi connectivity index (χ0v) is 11.4. The van der Waals surface area contributed by atoms with Gasteiger partial charge in [0.15, 0.2) is 0 Å². The van der Waals surface area contributed by atoms with E-state index < -0.39 is 11.4 Å². The first-order valence-corrected chi connectivity index (χ1v) is 6.46. The summed E-state index contributed by atoms with van der Waals surface area (Å²) in [5, 5.41) is 9.18. The minimum absolute atomic E-state index is 0.573. The summed E-state index contributed by atoms with van der Waals surface area (Å²) in [6.45, 7) is 4.63. The van der Waals surface area contributed by atoms with Gasteiger partial charge in [0.05, 0.1) is 5.41 Å². The molecule has 1 aliphatic heterocycles. The molecule has 0 atom stereocenters. The van der Waals surface area contributed by atoms with Gasteiger partial charge in [0.1, 0.15) is 0 Å². The summed E-state index contributed by atoms with van der Waals surface area (Å²) in [5.41, 5.74) is 3.04. The first-order chi connectivity index (χ1) is 8.40. The fourth-order valence-electron chi connectivity index (χ4n) is 2.50. The molecule has 1 aromatic carbocycles. The molecule has 2 rings (SSSR count). The molecule has 0 saturated carbocycles. The number of hydrogen-bond donors (Lipinski definition) is 1. The van der Waals surface area contributed by atoms with Crippen molar-refractivity contribution in [2.45, 2.75) is 33.1 Å². The smallest absolute Gasteiger partial charge is 0.309 e. The van der Waals surface area contributed by atoms with Gasteiger partial charge in [0.25, 0.3) is 0 Å². The van der Waals surface area contributed by atoms with Crippen LogP contribution in [0.25, 0.3) is 0 Å². The van der Waals surface area contributed by atoms with Gasteiger partial charge in [-0.15, -0.1) is 0 Å². The first kappa shape index (κ1) is 12.9. The minimum Gasteiger partial charge on any atom is -0.481 e. The number of benzene rings is 1. The Bertz CT molecular complexity index is 466. The monoisotopic (exact) mass is 247 g/mol. The molecular formula is C15H21NO2. The van der Waals surface area contributed by atoms with Crippen molar-refractivity contribution in [3.63, 3.8) is 0 Å². The van der Waals surface area contributed by atoms with Crippen LogP contribution in [0.5, 0.6) is 0 Å². The average Bonchev–Trinajstić information content (AvgIpc) is 2.29. The average molecular weight is 247 g/mol. The number of carboxylic acid groups (broad SMARTS) is 1. The van der Waals surface area contributed by atoms with Crippen molar-refractivity contribution in [3.8, 4) is 0 Å². The van der Waals surface area contributed by atoms with Crippen LogP contribution in [0, 0.1) is 5.41 Å². The third-order valence-corrected chi connectivity index (χ3v) is 3.73. The van der Waals surface area contributed by atoms with Gasteiger partial charge < -0.3 is 10.0 Å². The summed E-state index contributed by atoms with van der Waals surface area (Å²) in [6, 6.07) is 6.38. The highest BCUT2D eigenvalue weighted by Crippen LogP contribution is 2.30. The molecule has 0 amide bonds. The lowest BCUT2D eigenvalue weighted by molar-refractivity contribution is -0.146. The number of nitrogens with zero attached hydrogens (tertiary/aromatic N) is 1. The number of carboxylic acids is 1. The highest BCUT2D eigenvalue weighted by Gasteiger charge is 2.27. The van der Waals surface area contributed by atoms with Crippen LogP contribution in [-0.4, -0.2) is 24.7 Å². The van der Waals surface area contributed by atoms with Gasteiger partial charge in [-0.05, 0) is 50.3 Å². The summed E-state index contributed by atoms with van der Waals surface area (Å²) in [7, 11) is 2.10. The third kappa shape index (κ3) is 2.50. The number of anilines is 1. The van der Waals surface area contributed by atoms with Gasteiger partial charge in [0.2, 0.25) is 0 Å². The predicted octanol–water partition coefficient (Wildman–Crippen LogP) is 2.72. The maximum absolute atomic E-state index is 11.2. The molecule has 1 aliphatic rings. The molecule has 0 radical (unpaired) electrons. The summed E-state index contributed by atoms with van der Waals surface area (Å²) >= 11 is 0. The lowest BCUT2D eigenvalue weighted by Crippen LogP contribution is -2.27. The Morgan fingerprint density at radius 2 is 2.17 bits per heavy atom. The Morgan fingerprint density at radius 3 is 2.83 bits per heavy atom. The molecule has 0 spiro atoms. The Morgan fingerprint density at radius 1 is 1.44 bits per heavy atom. The SMILES string of the molecule is CN1CCCc2ccc(CC(C)(C)C(=O)O)cc21. The van der Waals surface area contributed by atoms with E-state index in [1.807, 2.05) is 0 Å². The summed E-state index contributed by atoms with van der Waals surface area (Å²) in [4.78, 5) is 13.4. The van der Waals surface area contributed by atoms with Crippen LogP contribution in [-0.2, 0) is 17.6 Å². The van der Waals surface area contributed by atoms with Crippen molar-refractivity contribution in [1.82, 2.24) is 0 Å². The molecule has 0 unspecified atom stereocenters. The minimum atomic E-state index is -0.742. The van der Waals surface area contributed by atoms with Crippen LogP contribution >= 0.6 is 0 Å². The topological polar surface area (TPSA) is 40.5 Å². The Labute approximate surface area is 108 Å². The van der Waals surface area contributed by atoms with Crippen LogP contribution in [0.15, 0.2) is 18.2 Å². The first-order valence-electron chi connectivity index (χ1n) is 6.46. The number of carbonyl (C=O) groups is 1. The van der Waals surface area contributed by atoms with E-state index in [0.717, 1.165) is 18.5 Å². The zero-order chi connectivity index (χ0) is 13.3. The van der Waals surface area contributed by atoms with Gasteiger partial charge in [-0.25, -0.2) is 0 Å². The third-order valence-electron chi connectivity index (χ3n) is 3.73. The lowest BCUT2D eigenvalue weighted by atomic mass is 9.85. The van der Waals surface area contributed by atoms with E-state index in [0.29, 0.717) is 6.42 Å². The molecule has 98 valence electrons. The molecule has 1 aromatic rings. The molecule has 1 N–H and O–H groups in total. The van der Waals surface area contributed by atoms with E-state index in [-0.39, 0.29) is 0 Å². The number of fused-ring (bicyclic) bond motifs is 1. The quantitative estimate of drug-likeness (QED) is 0.892. The molecule has 0 fully saturated rings. The van der Waals surface area contributed by atoms with E-state index in [1.165, 1.54) is 17.7 Å². The second-order valence-corrected chi connectivity index (χ2v) is 5.85. The van der Waals surface area contributed by atoms with Crippen molar-refractivity contribution in [2.75, 3.05) is 18.5 Å². The summed E-state index contributed by atoms with van der Waals surface area (Å²) < 4.78 is 0. The fourth-order valence-corrected chi connectivity index (χ4v) is 2.50. The van der Waals surface area contributed by atoms with E-state index in [9.17, 15) is 9.90 Å². The highest BCUT2D eigenvalue weighted by molar-refractivity contribution is 5.74. The second kappa shape index (κ2) is 4.63. The molecule has 3 heteroatoms. The molecule has 0 aromatic heterocycles. The Balaban J connectivity index is 2.26. The molecular weight excluding hydrogens is 226 g/mol. The van der Waals surface area contributed by atoms with E-state index in [2.05, 4.69) is 30.1 Å². The molecule has 18 heavy (non-hydrogen) atoms. The molecule has 1 heterocycles. The van der Waals surface area contributed by atoms with Crippen molar-refractivity contribution >= 4 is 11.7 Å². The maximum atomic E-state index is 11.2. The molecule has 3 nitrogen and oxygen atoms in total. The molecule has 0 bridgehead atoms. The van der Waals surface area contributed by atoms with Crippen LogP contribution in [0.1, 0.15) is 31.4 Å². The fraction of sp³-hybridized carbons (Fsp3) is 0.533. The van der Waals surface area contributed by atoms with E-state index in [4.69, 9.17) is 0 Å².